The molecule has 8 aromatic rings. The van der Waals surface area contributed by atoms with E-state index in [2.05, 4.69) is 126 Å². The molecular formula is C38H24ClNO. The Labute approximate surface area is 242 Å². The molecule has 0 atom stereocenters. The second-order valence-electron chi connectivity index (χ2n) is 10.3. The number of furan rings is 1. The van der Waals surface area contributed by atoms with Crippen molar-refractivity contribution < 1.29 is 4.42 Å². The molecule has 7 aromatic carbocycles. The van der Waals surface area contributed by atoms with E-state index < -0.39 is 0 Å². The molecule has 41 heavy (non-hydrogen) atoms. The summed E-state index contributed by atoms with van der Waals surface area (Å²) in [4.78, 5) is 2.27. The van der Waals surface area contributed by atoms with Crippen molar-refractivity contribution in [3.05, 3.63) is 151 Å². The van der Waals surface area contributed by atoms with Gasteiger partial charge in [0.05, 0.1) is 5.02 Å². The Morgan fingerprint density at radius 2 is 1.07 bits per heavy atom. The van der Waals surface area contributed by atoms with E-state index in [1.54, 1.807) is 0 Å². The first-order chi connectivity index (χ1) is 20.2. The van der Waals surface area contributed by atoms with Gasteiger partial charge in [0.25, 0.3) is 0 Å². The minimum atomic E-state index is 0.587. The topological polar surface area (TPSA) is 16.4 Å². The molecule has 0 unspecified atom stereocenters. The average molecular weight is 546 g/mol. The molecule has 0 aliphatic heterocycles. The van der Waals surface area contributed by atoms with Gasteiger partial charge in [0.2, 0.25) is 0 Å². The molecule has 2 nitrogen and oxygen atoms in total. The van der Waals surface area contributed by atoms with Crippen molar-refractivity contribution in [2.75, 3.05) is 4.90 Å². The normalized spacial score (nSPS) is 11.5. The maximum atomic E-state index is 6.98. The number of hydrogen-bond acceptors (Lipinski definition) is 2. The Kier molecular flexibility index (Phi) is 5.54. The Bertz CT molecular complexity index is 2210. The third-order valence-corrected chi connectivity index (χ3v) is 8.17. The van der Waals surface area contributed by atoms with Crippen LogP contribution in [-0.4, -0.2) is 0 Å². The maximum Gasteiger partial charge on any atom is 0.154 e. The summed E-state index contributed by atoms with van der Waals surface area (Å²) in [6, 6.07) is 51.0. The van der Waals surface area contributed by atoms with Crippen molar-refractivity contribution in [1.29, 1.82) is 0 Å². The van der Waals surface area contributed by atoms with Gasteiger partial charge in [-0.3, -0.25) is 0 Å². The predicted octanol–water partition coefficient (Wildman–Crippen LogP) is 11.7. The number of hydrogen-bond donors (Lipinski definition) is 0. The second-order valence-corrected chi connectivity index (χ2v) is 10.8. The highest BCUT2D eigenvalue weighted by atomic mass is 35.5. The minimum Gasteiger partial charge on any atom is -0.454 e. The second kappa shape index (κ2) is 9.55. The molecule has 0 aliphatic rings. The lowest BCUT2D eigenvalue weighted by atomic mass is 10.0. The van der Waals surface area contributed by atoms with E-state index in [0.29, 0.717) is 10.6 Å². The van der Waals surface area contributed by atoms with Gasteiger partial charge in [-0.05, 0) is 69.8 Å². The molecule has 0 N–H and O–H groups in total. The molecule has 0 saturated heterocycles. The molecule has 0 radical (unpaired) electrons. The summed E-state index contributed by atoms with van der Waals surface area (Å²) in [5, 5.41) is 7.26. The highest BCUT2D eigenvalue weighted by Crippen LogP contribution is 2.43. The van der Waals surface area contributed by atoms with Crippen LogP contribution in [0.2, 0.25) is 5.02 Å². The van der Waals surface area contributed by atoms with Crippen LogP contribution in [0.15, 0.2) is 150 Å². The highest BCUT2D eigenvalue weighted by Gasteiger charge is 2.19. The molecule has 0 amide bonds. The van der Waals surface area contributed by atoms with Crippen LogP contribution in [0.1, 0.15) is 0 Å². The van der Waals surface area contributed by atoms with Gasteiger partial charge in [0, 0.05) is 33.2 Å². The van der Waals surface area contributed by atoms with Crippen molar-refractivity contribution in [3.8, 4) is 11.1 Å². The van der Waals surface area contributed by atoms with Gasteiger partial charge < -0.3 is 9.32 Å². The smallest absolute Gasteiger partial charge is 0.154 e. The third-order valence-electron chi connectivity index (χ3n) is 7.88. The summed E-state index contributed by atoms with van der Waals surface area (Å²) in [6.07, 6.45) is 0. The largest absolute Gasteiger partial charge is 0.454 e. The number of fused-ring (bicyclic) bond motifs is 6. The van der Waals surface area contributed by atoms with Gasteiger partial charge in [-0.1, -0.05) is 115 Å². The molecule has 1 aromatic heterocycles. The summed E-state index contributed by atoms with van der Waals surface area (Å²) in [7, 11) is 0. The first kappa shape index (κ1) is 23.8. The fourth-order valence-electron chi connectivity index (χ4n) is 5.88. The Hall–Kier alpha value is -5.05. The van der Waals surface area contributed by atoms with Crippen LogP contribution >= 0.6 is 11.6 Å². The number of halogens is 1. The fraction of sp³-hybridized carbons (Fsp3) is 0. The third kappa shape index (κ3) is 4.04. The van der Waals surface area contributed by atoms with E-state index in [0.717, 1.165) is 44.2 Å². The van der Waals surface area contributed by atoms with Crippen LogP contribution < -0.4 is 4.90 Å². The lowest BCUT2D eigenvalue weighted by Crippen LogP contribution is -2.10. The first-order valence-electron chi connectivity index (χ1n) is 13.7. The molecule has 0 bridgehead atoms. The zero-order valence-electron chi connectivity index (χ0n) is 22.1. The first-order valence-corrected chi connectivity index (χ1v) is 14.1. The van der Waals surface area contributed by atoms with Crippen LogP contribution in [0.25, 0.3) is 54.6 Å². The van der Waals surface area contributed by atoms with Crippen LogP contribution in [0.5, 0.6) is 0 Å². The Morgan fingerprint density at radius 1 is 0.415 bits per heavy atom. The van der Waals surface area contributed by atoms with E-state index in [9.17, 15) is 0 Å². The summed E-state index contributed by atoms with van der Waals surface area (Å²) < 4.78 is 6.41. The molecular weight excluding hydrogens is 522 g/mol. The molecule has 3 heteroatoms. The average Bonchev–Trinajstić information content (AvgIpc) is 3.42. The molecule has 0 fully saturated rings. The van der Waals surface area contributed by atoms with Gasteiger partial charge in [0.15, 0.2) is 5.58 Å². The van der Waals surface area contributed by atoms with E-state index in [1.165, 1.54) is 21.9 Å². The Balaban J connectivity index is 1.34. The van der Waals surface area contributed by atoms with Gasteiger partial charge >= 0.3 is 0 Å². The van der Waals surface area contributed by atoms with Crippen molar-refractivity contribution >= 4 is 72.1 Å². The van der Waals surface area contributed by atoms with Crippen LogP contribution in [0.3, 0.4) is 0 Å². The van der Waals surface area contributed by atoms with E-state index >= 15 is 0 Å². The van der Waals surface area contributed by atoms with E-state index in [1.807, 2.05) is 24.3 Å². The van der Waals surface area contributed by atoms with Crippen LogP contribution in [-0.2, 0) is 0 Å². The number of nitrogens with zero attached hydrogens (tertiary/aromatic N) is 1. The van der Waals surface area contributed by atoms with E-state index in [4.69, 9.17) is 16.0 Å². The zero-order chi connectivity index (χ0) is 27.3. The number of benzene rings is 7. The zero-order valence-corrected chi connectivity index (χ0v) is 22.8. The van der Waals surface area contributed by atoms with E-state index in [-0.39, 0.29) is 0 Å². The van der Waals surface area contributed by atoms with Crippen molar-refractivity contribution in [2.24, 2.45) is 0 Å². The highest BCUT2D eigenvalue weighted by molar-refractivity contribution is 6.36. The van der Waals surface area contributed by atoms with Crippen molar-refractivity contribution in [3.63, 3.8) is 0 Å². The summed E-state index contributed by atoms with van der Waals surface area (Å²) in [5.74, 6) is 0. The molecule has 8 rings (SSSR count). The molecule has 0 aliphatic carbocycles. The predicted molar refractivity (Wildman–Crippen MR) is 174 cm³/mol. The van der Waals surface area contributed by atoms with Crippen LogP contribution in [0, 0.1) is 0 Å². The molecule has 1 heterocycles. The lowest BCUT2D eigenvalue weighted by molar-refractivity contribution is 0.673. The monoisotopic (exact) mass is 545 g/mol. The van der Waals surface area contributed by atoms with Crippen LogP contribution in [0.4, 0.5) is 17.1 Å². The molecule has 0 saturated carbocycles. The van der Waals surface area contributed by atoms with Gasteiger partial charge in [-0.25, -0.2) is 0 Å². The summed E-state index contributed by atoms with van der Waals surface area (Å²) >= 11 is 6.98. The van der Waals surface area contributed by atoms with Gasteiger partial charge in [-0.15, -0.1) is 0 Å². The van der Waals surface area contributed by atoms with Crippen molar-refractivity contribution in [2.45, 2.75) is 0 Å². The Morgan fingerprint density at radius 3 is 1.90 bits per heavy atom. The lowest BCUT2D eigenvalue weighted by Gasteiger charge is -2.26. The summed E-state index contributed by atoms with van der Waals surface area (Å²) in [5.41, 5.74) is 7.02. The summed E-state index contributed by atoms with van der Waals surface area (Å²) in [6.45, 7) is 0. The fourth-order valence-corrected chi connectivity index (χ4v) is 6.13. The quantitative estimate of drug-likeness (QED) is 0.218. The minimum absolute atomic E-state index is 0.587. The maximum absolute atomic E-state index is 6.98. The SMILES string of the molecule is Clc1cc(N(c2ccc(-c3ccccc3)cc2)c2ccc3ccccc3c2)cc2c1oc1c3ccccc3ccc21. The van der Waals surface area contributed by atoms with Gasteiger partial charge in [-0.2, -0.15) is 0 Å². The number of rotatable bonds is 4. The molecule has 0 spiro atoms. The standard InChI is InChI=1S/C38H24ClNO/c39-36-24-32(23-35-34-21-17-28-11-6-7-13-33(28)37(34)41-38(35)36)40(31-20-16-26-10-4-5-12-29(26)22-31)30-18-14-27(15-19-30)25-8-2-1-3-9-25/h1-24H. The number of anilines is 3. The van der Waals surface area contributed by atoms with Crippen molar-refractivity contribution in [1.82, 2.24) is 0 Å². The van der Waals surface area contributed by atoms with Gasteiger partial charge in [0.1, 0.15) is 5.58 Å². The molecule has 194 valence electrons.